The predicted molar refractivity (Wildman–Crippen MR) is 113 cm³/mol. The molecule has 1 saturated heterocycles. The Balaban J connectivity index is 1.42. The predicted octanol–water partition coefficient (Wildman–Crippen LogP) is 3.69. The van der Waals surface area contributed by atoms with E-state index in [4.69, 9.17) is 0 Å². The van der Waals surface area contributed by atoms with Gasteiger partial charge in [-0.3, -0.25) is 9.59 Å². The van der Waals surface area contributed by atoms with Gasteiger partial charge < -0.3 is 9.88 Å². The number of hydrogen-bond donors (Lipinski definition) is 1. The van der Waals surface area contributed by atoms with Gasteiger partial charge in [0.15, 0.2) is 5.78 Å². The van der Waals surface area contributed by atoms with Gasteiger partial charge >= 0.3 is 0 Å². The smallest absolute Gasteiger partial charge is 0.254 e. The molecular formula is C23H23FN4O2. The summed E-state index contributed by atoms with van der Waals surface area (Å²) in [6.45, 7) is 5.01. The van der Waals surface area contributed by atoms with Crippen LogP contribution in [-0.4, -0.2) is 33.8 Å². The molecule has 6 nitrogen and oxygen atoms in total. The average molecular weight is 406 g/mol. The number of halogens is 1. The van der Waals surface area contributed by atoms with E-state index in [-0.39, 0.29) is 23.1 Å². The number of Topliss-reactive ketones (excluding diaryl/α,β-unsaturated/α-hetero) is 1. The summed E-state index contributed by atoms with van der Waals surface area (Å²) in [5, 5.41) is 0. The molecule has 1 N–H and O–H groups in total. The number of aromatic nitrogens is 3. The van der Waals surface area contributed by atoms with E-state index < -0.39 is 0 Å². The summed E-state index contributed by atoms with van der Waals surface area (Å²) in [5.74, 6) is 1.01. The van der Waals surface area contributed by atoms with E-state index >= 15 is 0 Å². The highest BCUT2D eigenvalue weighted by Crippen LogP contribution is 2.26. The Morgan fingerprint density at radius 3 is 2.40 bits per heavy atom. The molecule has 0 bridgehead atoms. The molecule has 0 saturated carbocycles. The topological polar surface area (TPSA) is 79.0 Å². The highest BCUT2D eigenvalue weighted by Gasteiger charge is 2.26. The molecule has 3 heterocycles. The van der Waals surface area contributed by atoms with Crippen LogP contribution in [0.3, 0.4) is 0 Å². The molecule has 7 heteroatoms. The van der Waals surface area contributed by atoms with Gasteiger partial charge in [0.1, 0.15) is 17.5 Å². The van der Waals surface area contributed by atoms with Gasteiger partial charge in [0.2, 0.25) is 0 Å². The first-order valence-corrected chi connectivity index (χ1v) is 10.0. The van der Waals surface area contributed by atoms with Gasteiger partial charge in [-0.25, -0.2) is 14.4 Å². The first kappa shape index (κ1) is 19.9. The van der Waals surface area contributed by atoms with Gasteiger partial charge in [-0.2, -0.15) is 0 Å². The van der Waals surface area contributed by atoms with Crippen LogP contribution in [0.1, 0.15) is 34.5 Å². The number of nitrogens with one attached hydrogen (secondary N) is 1. The zero-order valence-corrected chi connectivity index (χ0v) is 17.0. The summed E-state index contributed by atoms with van der Waals surface area (Å²) in [5.41, 5.74) is 2.48. The number of aryl methyl sites for hydroxylation is 1. The molecule has 3 aromatic rings. The van der Waals surface area contributed by atoms with Crippen molar-refractivity contribution in [2.45, 2.75) is 26.7 Å². The van der Waals surface area contributed by atoms with E-state index in [0.29, 0.717) is 22.6 Å². The molecule has 2 aromatic heterocycles. The first-order chi connectivity index (χ1) is 14.4. The van der Waals surface area contributed by atoms with E-state index in [1.165, 1.54) is 12.1 Å². The lowest BCUT2D eigenvalue weighted by Gasteiger charge is -2.32. The third-order valence-corrected chi connectivity index (χ3v) is 5.73. The Hall–Kier alpha value is -3.35. The minimum Gasteiger partial charge on any atom is -0.357 e. The molecule has 0 aliphatic carbocycles. The maximum absolute atomic E-state index is 13.1. The number of rotatable bonds is 4. The number of benzene rings is 1. The molecule has 0 atom stereocenters. The number of ketones is 1. The molecule has 1 aliphatic heterocycles. The van der Waals surface area contributed by atoms with Crippen LogP contribution >= 0.6 is 0 Å². The summed E-state index contributed by atoms with van der Waals surface area (Å²) >= 11 is 0. The van der Waals surface area contributed by atoms with Crippen molar-refractivity contribution in [3.05, 3.63) is 75.6 Å². The highest BCUT2D eigenvalue weighted by molar-refractivity contribution is 5.98. The molecule has 0 amide bonds. The Bertz CT molecular complexity index is 1120. The third-order valence-electron chi connectivity index (χ3n) is 5.73. The third kappa shape index (κ3) is 4.01. The molecule has 0 spiro atoms. The second-order valence-electron chi connectivity index (χ2n) is 7.66. The first-order valence-electron chi connectivity index (χ1n) is 10.0. The number of hydrogen-bond acceptors (Lipinski definition) is 5. The Labute approximate surface area is 173 Å². The molecule has 0 radical (unpaired) electrons. The number of nitrogens with zero attached hydrogens (tertiary/aromatic N) is 3. The number of carbonyl (C=O) groups excluding carboxylic acids is 1. The van der Waals surface area contributed by atoms with E-state index in [9.17, 15) is 14.0 Å². The van der Waals surface area contributed by atoms with Gasteiger partial charge in [-0.15, -0.1) is 0 Å². The highest BCUT2D eigenvalue weighted by atomic mass is 19.1. The van der Waals surface area contributed by atoms with Crippen LogP contribution in [0, 0.1) is 25.6 Å². The largest absolute Gasteiger partial charge is 0.357 e. The van der Waals surface area contributed by atoms with Gasteiger partial charge in [0.05, 0.1) is 0 Å². The zero-order valence-electron chi connectivity index (χ0n) is 17.0. The number of pyridine rings is 1. The maximum Gasteiger partial charge on any atom is 0.254 e. The molecule has 0 unspecified atom stereocenters. The lowest BCUT2D eigenvalue weighted by atomic mass is 9.89. The standard InChI is InChI=1S/C23H23FN4O2/c1-14-15(2)26-22(27-23(14)30)18-5-8-20(25-13-18)28-11-9-17(10-12-28)21(29)16-3-6-19(24)7-4-16/h3-8,13,17H,9-12H2,1-2H3,(H,26,27,30). The quantitative estimate of drug-likeness (QED) is 0.669. The van der Waals surface area contributed by atoms with Crippen LogP contribution in [0.15, 0.2) is 47.4 Å². The van der Waals surface area contributed by atoms with E-state index in [2.05, 4.69) is 19.9 Å². The normalized spacial score (nSPS) is 14.7. The Morgan fingerprint density at radius 2 is 1.80 bits per heavy atom. The van der Waals surface area contributed by atoms with Crippen molar-refractivity contribution in [3.63, 3.8) is 0 Å². The van der Waals surface area contributed by atoms with Crippen LogP contribution in [0.4, 0.5) is 10.2 Å². The van der Waals surface area contributed by atoms with Crippen LogP contribution in [0.5, 0.6) is 0 Å². The van der Waals surface area contributed by atoms with Gasteiger partial charge in [-0.1, -0.05) is 0 Å². The zero-order chi connectivity index (χ0) is 21.3. The van der Waals surface area contributed by atoms with Gasteiger partial charge in [0.25, 0.3) is 5.56 Å². The molecular weight excluding hydrogens is 383 g/mol. The summed E-state index contributed by atoms with van der Waals surface area (Å²) in [4.78, 5) is 38.5. The van der Waals surface area contributed by atoms with Crippen molar-refractivity contribution in [2.75, 3.05) is 18.0 Å². The summed E-state index contributed by atoms with van der Waals surface area (Å²) in [6, 6.07) is 9.56. The minimum atomic E-state index is -0.337. The van der Waals surface area contributed by atoms with Crippen molar-refractivity contribution in [1.82, 2.24) is 15.0 Å². The number of H-pyrrole nitrogens is 1. The fourth-order valence-electron chi connectivity index (χ4n) is 3.72. The summed E-state index contributed by atoms with van der Waals surface area (Å²) in [6.07, 6.45) is 3.16. The number of aromatic amines is 1. The van der Waals surface area contributed by atoms with E-state index in [0.717, 1.165) is 37.3 Å². The van der Waals surface area contributed by atoms with E-state index in [1.807, 2.05) is 19.1 Å². The molecule has 4 rings (SSSR count). The number of carbonyl (C=O) groups is 1. The van der Waals surface area contributed by atoms with Gasteiger partial charge in [0, 0.05) is 47.6 Å². The molecule has 30 heavy (non-hydrogen) atoms. The molecule has 1 aliphatic rings. The van der Waals surface area contributed by atoms with Crippen molar-refractivity contribution < 1.29 is 9.18 Å². The monoisotopic (exact) mass is 406 g/mol. The second-order valence-corrected chi connectivity index (χ2v) is 7.66. The van der Waals surface area contributed by atoms with Crippen LogP contribution in [-0.2, 0) is 0 Å². The average Bonchev–Trinajstić information content (AvgIpc) is 2.77. The van der Waals surface area contributed by atoms with Crippen molar-refractivity contribution >= 4 is 11.6 Å². The minimum absolute atomic E-state index is 0.0595. The fraction of sp³-hybridized carbons (Fsp3) is 0.304. The van der Waals surface area contributed by atoms with Crippen LogP contribution in [0.25, 0.3) is 11.4 Å². The summed E-state index contributed by atoms with van der Waals surface area (Å²) in [7, 11) is 0. The van der Waals surface area contributed by atoms with Crippen molar-refractivity contribution in [1.29, 1.82) is 0 Å². The fourth-order valence-corrected chi connectivity index (χ4v) is 3.72. The molecule has 154 valence electrons. The second kappa shape index (κ2) is 8.18. The number of anilines is 1. The van der Waals surface area contributed by atoms with Crippen LogP contribution in [0.2, 0.25) is 0 Å². The van der Waals surface area contributed by atoms with E-state index in [1.54, 1.807) is 25.3 Å². The maximum atomic E-state index is 13.1. The Morgan fingerprint density at radius 1 is 1.10 bits per heavy atom. The molecule has 1 aromatic carbocycles. The Kier molecular flexibility index (Phi) is 5.44. The lowest BCUT2D eigenvalue weighted by Crippen LogP contribution is -2.36. The van der Waals surface area contributed by atoms with Crippen molar-refractivity contribution in [3.8, 4) is 11.4 Å². The molecule has 1 fully saturated rings. The van der Waals surface area contributed by atoms with Crippen LogP contribution < -0.4 is 10.5 Å². The summed E-state index contributed by atoms with van der Waals surface area (Å²) < 4.78 is 13.1. The lowest BCUT2D eigenvalue weighted by molar-refractivity contribution is 0.0900. The van der Waals surface area contributed by atoms with Gasteiger partial charge in [-0.05, 0) is 63.1 Å². The number of piperidine rings is 1. The SMILES string of the molecule is Cc1nc(-c2ccc(N3CCC(C(=O)c4ccc(F)cc4)CC3)nc2)[nH]c(=O)c1C. The van der Waals surface area contributed by atoms with Crippen molar-refractivity contribution in [2.24, 2.45) is 5.92 Å².